The number of carbonyl (C=O) groups is 2. The smallest absolute Gasteiger partial charge is 0.264 e. The minimum absolute atomic E-state index is 0.00649. The van der Waals surface area contributed by atoms with Crippen LogP contribution in [0.1, 0.15) is 25.0 Å². The van der Waals surface area contributed by atoms with Crippen LogP contribution in [-0.4, -0.2) is 58.5 Å². The fourth-order valence-corrected chi connectivity index (χ4v) is 5.71. The van der Waals surface area contributed by atoms with Crippen molar-refractivity contribution in [2.24, 2.45) is 0 Å². The molecule has 11 heteroatoms. The number of likely N-dealkylation sites (N-methyl/N-ethyl adjacent to an activating group) is 1. The topological polar surface area (TPSA) is 105 Å². The van der Waals surface area contributed by atoms with Gasteiger partial charge in [-0.25, -0.2) is 8.42 Å². The molecule has 0 radical (unpaired) electrons. The molecular formula is C29H34BrN3O6S. The second-order valence-corrected chi connectivity index (χ2v) is 11.9. The summed E-state index contributed by atoms with van der Waals surface area (Å²) in [6, 6.07) is 17.5. The third kappa shape index (κ3) is 7.33. The Bertz CT molecular complexity index is 1430. The van der Waals surface area contributed by atoms with Crippen molar-refractivity contribution in [1.82, 2.24) is 10.2 Å². The number of anilines is 1. The molecule has 1 atom stereocenters. The molecule has 3 aromatic carbocycles. The number of rotatable bonds is 12. The Morgan fingerprint density at radius 3 is 2.20 bits per heavy atom. The quantitative estimate of drug-likeness (QED) is 0.315. The van der Waals surface area contributed by atoms with Gasteiger partial charge >= 0.3 is 0 Å². The molecular weight excluding hydrogens is 598 g/mol. The van der Waals surface area contributed by atoms with Crippen LogP contribution < -0.4 is 19.1 Å². The van der Waals surface area contributed by atoms with E-state index in [1.165, 1.54) is 37.3 Å². The Hall–Kier alpha value is -3.57. The molecule has 0 saturated heterocycles. The highest BCUT2D eigenvalue weighted by Gasteiger charge is 2.34. The van der Waals surface area contributed by atoms with E-state index in [-0.39, 0.29) is 28.8 Å². The van der Waals surface area contributed by atoms with E-state index in [0.29, 0.717) is 12.3 Å². The molecule has 214 valence electrons. The number of benzene rings is 3. The van der Waals surface area contributed by atoms with Gasteiger partial charge in [0.05, 0.1) is 24.8 Å². The number of aryl methyl sites for hydroxylation is 1. The van der Waals surface area contributed by atoms with Crippen molar-refractivity contribution >= 4 is 43.5 Å². The molecule has 0 bridgehead atoms. The van der Waals surface area contributed by atoms with Gasteiger partial charge in [-0.1, -0.05) is 45.8 Å². The van der Waals surface area contributed by atoms with Crippen molar-refractivity contribution in [2.45, 2.75) is 38.3 Å². The standard InChI is InChI=1S/C29H34BrN3O6S/c1-6-31-29(35)21(3)32(18-22-9-11-23(30)12-10-22)28(34)19-33(26-17-24(38-4)13-16-27(26)39-5)40(36,37)25-14-7-20(2)8-15-25/h7-17,21H,6,18-19H2,1-5H3,(H,31,35). The summed E-state index contributed by atoms with van der Waals surface area (Å²) >= 11 is 3.41. The monoisotopic (exact) mass is 631 g/mol. The minimum Gasteiger partial charge on any atom is -0.497 e. The molecule has 3 aromatic rings. The summed E-state index contributed by atoms with van der Waals surface area (Å²) in [5.41, 5.74) is 1.79. The molecule has 0 heterocycles. The summed E-state index contributed by atoms with van der Waals surface area (Å²) in [4.78, 5) is 28.2. The van der Waals surface area contributed by atoms with E-state index in [9.17, 15) is 18.0 Å². The second-order valence-electron chi connectivity index (χ2n) is 9.08. The molecule has 0 aliphatic heterocycles. The first-order valence-corrected chi connectivity index (χ1v) is 14.9. The highest BCUT2D eigenvalue weighted by Crippen LogP contribution is 2.36. The molecule has 0 aliphatic rings. The molecule has 0 spiro atoms. The maximum atomic E-state index is 14.0. The summed E-state index contributed by atoms with van der Waals surface area (Å²) in [5, 5.41) is 2.75. The van der Waals surface area contributed by atoms with Crippen LogP contribution in [0.4, 0.5) is 5.69 Å². The van der Waals surface area contributed by atoms with Crippen molar-refractivity contribution in [2.75, 3.05) is 31.6 Å². The normalized spacial score (nSPS) is 11.8. The zero-order valence-corrected chi connectivity index (χ0v) is 25.6. The van der Waals surface area contributed by atoms with Crippen molar-refractivity contribution in [3.05, 3.63) is 82.3 Å². The van der Waals surface area contributed by atoms with Gasteiger partial charge in [-0.05, 0) is 62.7 Å². The Balaban J connectivity index is 2.12. The number of carbonyl (C=O) groups excluding carboxylic acids is 2. The van der Waals surface area contributed by atoms with Gasteiger partial charge in [0.15, 0.2) is 0 Å². The average molecular weight is 633 g/mol. The van der Waals surface area contributed by atoms with Crippen LogP contribution in [0.15, 0.2) is 76.1 Å². The number of halogens is 1. The first-order chi connectivity index (χ1) is 19.0. The number of hydrogen-bond acceptors (Lipinski definition) is 6. The molecule has 0 saturated carbocycles. The Kier molecular flexibility index (Phi) is 10.6. The Morgan fingerprint density at radius 1 is 0.975 bits per heavy atom. The van der Waals surface area contributed by atoms with Crippen LogP contribution in [0.25, 0.3) is 0 Å². The van der Waals surface area contributed by atoms with E-state index in [2.05, 4.69) is 21.2 Å². The van der Waals surface area contributed by atoms with E-state index in [0.717, 1.165) is 19.9 Å². The summed E-state index contributed by atoms with van der Waals surface area (Å²) < 4.78 is 40.8. The molecule has 1 unspecified atom stereocenters. The van der Waals surface area contributed by atoms with E-state index >= 15 is 0 Å². The van der Waals surface area contributed by atoms with Crippen molar-refractivity contribution in [3.8, 4) is 11.5 Å². The van der Waals surface area contributed by atoms with Crippen LogP contribution in [-0.2, 0) is 26.2 Å². The molecule has 1 N–H and O–H groups in total. The van der Waals surface area contributed by atoms with Crippen LogP contribution in [0, 0.1) is 6.92 Å². The first kappa shape index (κ1) is 31.0. The zero-order valence-electron chi connectivity index (χ0n) is 23.2. The summed E-state index contributed by atoms with van der Waals surface area (Å²) in [6.07, 6.45) is 0. The van der Waals surface area contributed by atoms with Gasteiger partial charge in [0.2, 0.25) is 11.8 Å². The maximum absolute atomic E-state index is 14.0. The van der Waals surface area contributed by atoms with Crippen molar-refractivity contribution in [1.29, 1.82) is 0 Å². The van der Waals surface area contributed by atoms with Gasteiger partial charge in [0.1, 0.15) is 24.1 Å². The zero-order chi connectivity index (χ0) is 29.4. The average Bonchev–Trinajstić information content (AvgIpc) is 2.95. The molecule has 2 amide bonds. The van der Waals surface area contributed by atoms with Crippen LogP contribution in [0.2, 0.25) is 0 Å². The Morgan fingerprint density at radius 2 is 1.62 bits per heavy atom. The highest BCUT2D eigenvalue weighted by molar-refractivity contribution is 9.10. The van der Waals surface area contributed by atoms with E-state index in [4.69, 9.17) is 9.47 Å². The number of ether oxygens (including phenoxy) is 2. The third-order valence-corrected chi connectivity index (χ3v) is 8.63. The first-order valence-electron chi connectivity index (χ1n) is 12.6. The molecule has 0 aromatic heterocycles. The third-order valence-electron chi connectivity index (χ3n) is 6.33. The van der Waals surface area contributed by atoms with Crippen LogP contribution in [0.5, 0.6) is 11.5 Å². The maximum Gasteiger partial charge on any atom is 0.264 e. The summed E-state index contributed by atoms with van der Waals surface area (Å²) in [5.74, 6) is -0.294. The molecule has 9 nitrogen and oxygen atoms in total. The lowest BCUT2D eigenvalue weighted by atomic mass is 10.1. The lowest BCUT2D eigenvalue weighted by Crippen LogP contribution is -2.51. The molecule has 40 heavy (non-hydrogen) atoms. The number of nitrogens with zero attached hydrogens (tertiary/aromatic N) is 2. The predicted molar refractivity (Wildman–Crippen MR) is 158 cm³/mol. The fourth-order valence-electron chi connectivity index (χ4n) is 4.03. The molecule has 3 rings (SSSR count). The number of methoxy groups -OCH3 is 2. The van der Waals surface area contributed by atoms with Crippen molar-refractivity contribution in [3.63, 3.8) is 0 Å². The van der Waals surface area contributed by atoms with Gasteiger partial charge in [-0.2, -0.15) is 0 Å². The Labute approximate surface area is 244 Å². The minimum atomic E-state index is -4.25. The van der Waals surface area contributed by atoms with Crippen molar-refractivity contribution < 1.29 is 27.5 Å². The van der Waals surface area contributed by atoms with Gasteiger partial charge in [0, 0.05) is 23.6 Å². The number of hydrogen-bond donors (Lipinski definition) is 1. The number of amides is 2. The summed E-state index contributed by atoms with van der Waals surface area (Å²) in [6.45, 7) is 5.16. The van der Waals surface area contributed by atoms with E-state index in [1.807, 2.05) is 31.2 Å². The molecule has 0 fully saturated rings. The van der Waals surface area contributed by atoms with Gasteiger partial charge in [0.25, 0.3) is 10.0 Å². The van der Waals surface area contributed by atoms with E-state index in [1.54, 1.807) is 38.1 Å². The van der Waals surface area contributed by atoms with Gasteiger partial charge in [-0.15, -0.1) is 0 Å². The van der Waals surface area contributed by atoms with Crippen LogP contribution >= 0.6 is 15.9 Å². The fraction of sp³-hybridized carbons (Fsp3) is 0.310. The second kappa shape index (κ2) is 13.7. The van der Waals surface area contributed by atoms with Crippen LogP contribution in [0.3, 0.4) is 0 Å². The lowest BCUT2D eigenvalue weighted by molar-refractivity contribution is -0.139. The highest BCUT2D eigenvalue weighted by atomic mass is 79.9. The van der Waals surface area contributed by atoms with Gasteiger partial charge < -0.3 is 19.7 Å². The largest absolute Gasteiger partial charge is 0.497 e. The lowest BCUT2D eigenvalue weighted by Gasteiger charge is -2.32. The molecule has 0 aliphatic carbocycles. The van der Waals surface area contributed by atoms with E-state index < -0.39 is 28.5 Å². The predicted octanol–water partition coefficient (Wildman–Crippen LogP) is 4.52. The number of sulfonamides is 1. The summed E-state index contributed by atoms with van der Waals surface area (Å²) in [7, 11) is -1.37. The number of nitrogens with one attached hydrogen (secondary N) is 1. The van der Waals surface area contributed by atoms with Gasteiger partial charge in [-0.3, -0.25) is 13.9 Å². The SMILES string of the molecule is CCNC(=O)C(C)N(Cc1ccc(Br)cc1)C(=O)CN(c1cc(OC)ccc1OC)S(=O)(=O)c1ccc(C)cc1.